The highest BCUT2D eigenvalue weighted by molar-refractivity contribution is 9.10. The van der Waals surface area contributed by atoms with Crippen molar-refractivity contribution in [1.29, 1.82) is 5.26 Å². The number of halogens is 1. The second kappa shape index (κ2) is 7.92. The second-order valence-corrected chi connectivity index (χ2v) is 6.18. The molecule has 2 atom stereocenters. The molecule has 2 amide bonds. The molecule has 0 radical (unpaired) electrons. The van der Waals surface area contributed by atoms with Crippen molar-refractivity contribution < 1.29 is 14.7 Å². The van der Waals surface area contributed by atoms with Crippen molar-refractivity contribution in [3.05, 3.63) is 28.5 Å². The zero-order valence-corrected chi connectivity index (χ0v) is 14.0. The molecule has 0 saturated carbocycles. The molecule has 7 nitrogen and oxygen atoms in total. The van der Waals surface area contributed by atoms with Crippen LogP contribution in [0.4, 0.5) is 4.79 Å². The Labute approximate surface area is 142 Å². The second-order valence-electron chi connectivity index (χ2n) is 5.37. The van der Waals surface area contributed by atoms with E-state index in [0.29, 0.717) is 24.0 Å². The molecule has 2 heterocycles. The minimum atomic E-state index is -1.10. The smallest absolute Gasteiger partial charge is 0.407 e. The number of carbonyl (C=O) groups is 2. The Hall–Kier alpha value is -2.14. The highest BCUT2D eigenvalue weighted by atomic mass is 79.9. The number of hydrogen-bond donors (Lipinski definition) is 2. The van der Waals surface area contributed by atoms with Crippen LogP contribution < -0.4 is 5.32 Å². The SMILES string of the molecule is N#C[C@H](Cc1ccc(Br)nc1)NC(=O)C1CCCCN1C(=O)O. The van der Waals surface area contributed by atoms with Crippen molar-refractivity contribution in [2.45, 2.75) is 37.8 Å². The minimum absolute atomic E-state index is 0.322. The number of nitrogens with one attached hydrogen (secondary N) is 1. The van der Waals surface area contributed by atoms with Crippen LogP contribution in [0.2, 0.25) is 0 Å². The summed E-state index contributed by atoms with van der Waals surface area (Å²) < 4.78 is 0.693. The van der Waals surface area contributed by atoms with Crippen molar-refractivity contribution >= 4 is 27.9 Å². The Morgan fingerprint density at radius 1 is 1.52 bits per heavy atom. The number of aromatic nitrogens is 1. The van der Waals surface area contributed by atoms with Crippen molar-refractivity contribution in [1.82, 2.24) is 15.2 Å². The lowest BCUT2D eigenvalue weighted by atomic mass is 10.0. The molecule has 0 aromatic carbocycles. The molecule has 0 spiro atoms. The summed E-state index contributed by atoms with van der Waals surface area (Å²) in [6.45, 7) is 0.348. The topological polar surface area (TPSA) is 106 Å². The summed E-state index contributed by atoms with van der Waals surface area (Å²) in [5.41, 5.74) is 0.818. The minimum Gasteiger partial charge on any atom is -0.465 e. The number of rotatable bonds is 4. The third-order valence-corrected chi connectivity index (χ3v) is 4.22. The van der Waals surface area contributed by atoms with E-state index in [9.17, 15) is 20.0 Å². The van der Waals surface area contributed by atoms with Gasteiger partial charge in [0.05, 0.1) is 6.07 Å². The Morgan fingerprint density at radius 3 is 2.91 bits per heavy atom. The van der Waals surface area contributed by atoms with E-state index in [2.05, 4.69) is 26.2 Å². The predicted molar refractivity (Wildman–Crippen MR) is 85.6 cm³/mol. The molecule has 23 heavy (non-hydrogen) atoms. The Bertz CT molecular complexity index is 614. The van der Waals surface area contributed by atoms with Gasteiger partial charge in [0, 0.05) is 19.2 Å². The number of amides is 2. The van der Waals surface area contributed by atoms with Crippen LogP contribution in [0.3, 0.4) is 0 Å². The summed E-state index contributed by atoms with van der Waals surface area (Å²) in [6.07, 6.45) is 2.89. The highest BCUT2D eigenvalue weighted by Crippen LogP contribution is 2.17. The average Bonchev–Trinajstić information content (AvgIpc) is 2.56. The van der Waals surface area contributed by atoms with E-state index in [1.807, 2.05) is 12.1 Å². The molecular weight excluding hydrogens is 364 g/mol. The van der Waals surface area contributed by atoms with Crippen LogP contribution in [0.15, 0.2) is 22.9 Å². The highest BCUT2D eigenvalue weighted by Gasteiger charge is 2.32. The fourth-order valence-corrected chi connectivity index (χ4v) is 2.83. The van der Waals surface area contributed by atoms with Crippen LogP contribution >= 0.6 is 15.9 Å². The average molecular weight is 381 g/mol. The fraction of sp³-hybridized carbons (Fsp3) is 0.467. The normalized spacial score (nSPS) is 18.8. The van der Waals surface area contributed by atoms with Gasteiger partial charge in [-0.05, 0) is 46.8 Å². The van der Waals surface area contributed by atoms with Gasteiger partial charge in [-0.3, -0.25) is 9.69 Å². The standard InChI is InChI=1S/C15H17BrN4O3/c16-13-5-4-10(9-18-13)7-11(8-17)19-14(21)12-3-1-2-6-20(12)15(22)23/h4-5,9,11-12H,1-3,6-7H2,(H,19,21)(H,22,23)/t11-,12?/m0/s1. The molecule has 1 aromatic heterocycles. The summed E-state index contributed by atoms with van der Waals surface area (Å²) >= 11 is 3.23. The lowest BCUT2D eigenvalue weighted by molar-refractivity contribution is -0.127. The first kappa shape index (κ1) is 17.2. The zero-order valence-electron chi connectivity index (χ0n) is 12.4. The maximum Gasteiger partial charge on any atom is 0.407 e. The van der Waals surface area contributed by atoms with Gasteiger partial charge >= 0.3 is 6.09 Å². The number of pyridine rings is 1. The number of carbonyl (C=O) groups excluding carboxylic acids is 1. The summed E-state index contributed by atoms with van der Waals surface area (Å²) in [5.74, 6) is -0.413. The number of nitriles is 1. The molecule has 1 saturated heterocycles. The lowest BCUT2D eigenvalue weighted by Gasteiger charge is -2.32. The molecule has 122 valence electrons. The van der Waals surface area contributed by atoms with Crippen molar-refractivity contribution in [3.8, 4) is 6.07 Å². The summed E-state index contributed by atoms with van der Waals surface area (Å²) in [4.78, 5) is 28.8. The molecular formula is C15H17BrN4O3. The Balaban J connectivity index is 2.00. The molecule has 1 aliphatic heterocycles. The molecule has 0 aliphatic carbocycles. The Morgan fingerprint density at radius 2 is 2.30 bits per heavy atom. The first-order valence-electron chi connectivity index (χ1n) is 7.31. The van der Waals surface area contributed by atoms with E-state index >= 15 is 0 Å². The predicted octanol–water partition coefficient (Wildman–Crippen LogP) is 1.93. The zero-order chi connectivity index (χ0) is 16.8. The number of nitrogens with zero attached hydrogens (tertiary/aromatic N) is 3. The largest absolute Gasteiger partial charge is 0.465 e. The molecule has 1 fully saturated rings. The van der Waals surface area contributed by atoms with E-state index in [-0.39, 0.29) is 0 Å². The van der Waals surface area contributed by atoms with Gasteiger partial charge in [0.2, 0.25) is 5.91 Å². The van der Waals surface area contributed by atoms with Gasteiger partial charge in [-0.2, -0.15) is 5.26 Å². The molecule has 2 rings (SSSR count). The summed E-state index contributed by atoms with van der Waals surface area (Å²) in [7, 11) is 0. The van der Waals surface area contributed by atoms with Crippen LogP contribution in [-0.4, -0.2) is 45.6 Å². The third-order valence-electron chi connectivity index (χ3n) is 3.75. The maximum atomic E-state index is 12.3. The number of piperidine rings is 1. The van der Waals surface area contributed by atoms with Gasteiger partial charge in [-0.1, -0.05) is 6.07 Å². The first-order valence-corrected chi connectivity index (χ1v) is 8.10. The van der Waals surface area contributed by atoms with Crippen molar-refractivity contribution in [3.63, 3.8) is 0 Å². The molecule has 1 aromatic rings. The van der Waals surface area contributed by atoms with Crippen molar-refractivity contribution in [2.24, 2.45) is 0 Å². The van der Waals surface area contributed by atoms with E-state index in [0.717, 1.165) is 23.3 Å². The van der Waals surface area contributed by atoms with E-state index < -0.39 is 24.1 Å². The van der Waals surface area contributed by atoms with Crippen LogP contribution in [0.1, 0.15) is 24.8 Å². The monoisotopic (exact) mass is 380 g/mol. The number of likely N-dealkylation sites (tertiary alicyclic amines) is 1. The van der Waals surface area contributed by atoms with Crippen molar-refractivity contribution in [2.75, 3.05) is 6.54 Å². The van der Waals surface area contributed by atoms with E-state index in [4.69, 9.17) is 0 Å². The fourth-order valence-electron chi connectivity index (χ4n) is 2.59. The molecule has 0 bridgehead atoms. The van der Waals surface area contributed by atoms with Crippen LogP contribution in [-0.2, 0) is 11.2 Å². The number of hydrogen-bond acceptors (Lipinski definition) is 4. The van der Waals surface area contributed by atoms with Gasteiger partial charge in [0.1, 0.15) is 16.7 Å². The maximum absolute atomic E-state index is 12.3. The van der Waals surface area contributed by atoms with Gasteiger partial charge in [-0.15, -0.1) is 0 Å². The summed E-state index contributed by atoms with van der Waals surface area (Å²) in [6, 6.07) is 4.18. The molecule has 1 unspecified atom stereocenters. The number of carboxylic acid groups (broad SMARTS) is 1. The van der Waals surface area contributed by atoms with Crippen LogP contribution in [0.25, 0.3) is 0 Å². The van der Waals surface area contributed by atoms with E-state index in [1.54, 1.807) is 12.3 Å². The Kier molecular flexibility index (Phi) is 5.93. The molecule has 2 N–H and O–H groups in total. The van der Waals surface area contributed by atoms with Gasteiger partial charge in [-0.25, -0.2) is 9.78 Å². The third kappa shape index (κ3) is 4.66. The van der Waals surface area contributed by atoms with Gasteiger partial charge in [0.15, 0.2) is 0 Å². The van der Waals surface area contributed by atoms with E-state index in [1.165, 1.54) is 0 Å². The quantitative estimate of drug-likeness (QED) is 0.776. The van der Waals surface area contributed by atoms with Gasteiger partial charge in [0.25, 0.3) is 0 Å². The summed E-state index contributed by atoms with van der Waals surface area (Å²) in [5, 5.41) is 21.1. The first-order chi connectivity index (χ1) is 11.0. The van der Waals surface area contributed by atoms with Gasteiger partial charge < -0.3 is 10.4 Å². The lowest BCUT2D eigenvalue weighted by Crippen LogP contribution is -2.53. The molecule has 1 aliphatic rings. The van der Waals surface area contributed by atoms with Crippen LogP contribution in [0, 0.1) is 11.3 Å². The molecule has 8 heteroatoms. The van der Waals surface area contributed by atoms with Crippen LogP contribution in [0.5, 0.6) is 0 Å².